The SMILES string of the molecule is Cc1csc(Sc2ccc(NC(=O)c3ccccc3OCC3CCCO3)cc2)n1. The second-order valence-corrected chi connectivity index (χ2v) is 8.96. The Balaban J connectivity index is 1.38. The molecule has 150 valence electrons. The van der Waals surface area contributed by atoms with Crippen LogP contribution in [0.25, 0.3) is 0 Å². The summed E-state index contributed by atoms with van der Waals surface area (Å²) in [7, 11) is 0. The van der Waals surface area contributed by atoms with Gasteiger partial charge in [-0.3, -0.25) is 4.79 Å². The van der Waals surface area contributed by atoms with Crippen molar-refractivity contribution in [3.8, 4) is 5.75 Å². The normalized spacial score (nSPS) is 16.0. The number of amides is 1. The minimum Gasteiger partial charge on any atom is -0.490 e. The third-order valence-electron chi connectivity index (χ3n) is 4.50. The molecule has 1 atom stereocenters. The number of hydrogen-bond acceptors (Lipinski definition) is 6. The molecule has 2 heterocycles. The van der Waals surface area contributed by atoms with Crippen molar-refractivity contribution in [2.45, 2.75) is 35.1 Å². The lowest BCUT2D eigenvalue weighted by Crippen LogP contribution is -2.19. The number of rotatable bonds is 7. The van der Waals surface area contributed by atoms with Gasteiger partial charge in [0.2, 0.25) is 0 Å². The van der Waals surface area contributed by atoms with E-state index in [1.54, 1.807) is 29.2 Å². The van der Waals surface area contributed by atoms with Crippen LogP contribution in [0.15, 0.2) is 63.1 Å². The summed E-state index contributed by atoms with van der Waals surface area (Å²) in [6.45, 7) is 3.24. The van der Waals surface area contributed by atoms with Crippen molar-refractivity contribution in [1.82, 2.24) is 4.98 Å². The Morgan fingerprint density at radius 2 is 2.10 bits per heavy atom. The van der Waals surface area contributed by atoms with Crippen LogP contribution >= 0.6 is 23.1 Å². The molecule has 2 aromatic carbocycles. The average molecular weight is 427 g/mol. The van der Waals surface area contributed by atoms with Crippen molar-refractivity contribution < 1.29 is 14.3 Å². The first-order valence-electron chi connectivity index (χ1n) is 9.52. The highest BCUT2D eigenvalue weighted by atomic mass is 32.2. The second kappa shape index (κ2) is 9.43. The van der Waals surface area contributed by atoms with Gasteiger partial charge in [0, 0.05) is 28.3 Å². The minimum absolute atomic E-state index is 0.109. The fraction of sp³-hybridized carbons (Fsp3) is 0.273. The number of hydrogen-bond donors (Lipinski definition) is 1. The molecule has 0 aliphatic carbocycles. The van der Waals surface area contributed by atoms with Gasteiger partial charge in [0.05, 0.1) is 11.7 Å². The van der Waals surface area contributed by atoms with E-state index in [2.05, 4.69) is 10.3 Å². The van der Waals surface area contributed by atoms with Crippen molar-refractivity contribution in [1.29, 1.82) is 0 Å². The number of anilines is 1. The first-order valence-corrected chi connectivity index (χ1v) is 11.2. The maximum absolute atomic E-state index is 12.8. The maximum Gasteiger partial charge on any atom is 0.259 e. The summed E-state index contributed by atoms with van der Waals surface area (Å²) in [6, 6.07) is 15.1. The van der Waals surface area contributed by atoms with Gasteiger partial charge >= 0.3 is 0 Å². The van der Waals surface area contributed by atoms with E-state index in [9.17, 15) is 4.79 Å². The molecule has 3 aromatic rings. The topological polar surface area (TPSA) is 60.5 Å². The zero-order valence-electron chi connectivity index (χ0n) is 16.1. The quantitative estimate of drug-likeness (QED) is 0.547. The van der Waals surface area contributed by atoms with Crippen molar-refractivity contribution in [3.05, 3.63) is 65.2 Å². The van der Waals surface area contributed by atoms with Crippen LogP contribution in [0.4, 0.5) is 5.69 Å². The molecule has 29 heavy (non-hydrogen) atoms. The summed E-state index contributed by atoms with van der Waals surface area (Å²) < 4.78 is 12.5. The Morgan fingerprint density at radius 1 is 1.28 bits per heavy atom. The lowest BCUT2D eigenvalue weighted by Gasteiger charge is -2.14. The second-order valence-electron chi connectivity index (χ2n) is 6.78. The zero-order chi connectivity index (χ0) is 20.1. The molecule has 1 unspecified atom stereocenters. The van der Waals surface area contributed by atoms with Crippen LogP contribution in [-0.2, 0) is 4.74 Å². The first-order chi connectivity index (χ1) is 14.2. The summed E-state index contributed by atoms with van der Waals surface area (Å²) >= 11 is 3.25. The molecular formula is C22H22N2O3S2. The molecule has 0 radical (unpaired) electrons. The van der Waals surface area contributed by atoms with Gasteiger partial charge in [-0.2, -0.15) is 0 Å². The van der Waals surface area contributed by atoms with E-state index in [0.717, 1.165) is 40.1 Å². The molecule has 1 fully saturated rings. The van der Waals surface area contributed by atoms with Gasteiger partial charge in [-0.15, -0.1) is 11.3 Å². The van der Waals surface area contributed by atoms with Crippen LogP contribution < -0.4 is 10.1 Å². The van der Waals surface area contributed by atoms with Crippen molar-refractivity contribution in [3.63, 3.8) is 0 Å². The van der Waals surface area contributed by atoms with Crippen molar-refractivity contribution >= 4 is 34.7 Å². The molecule has 1 aliphatic rings. The lowest BCUT2D eigenvalue weighted by atomic mass is 10.1. The van der Waals surface area contributed by atoms with E-state index in [4.69, 9.17) is 9.47 Å². The van der Waals surface area contributed by atoms with Crippen LogP contribution in [0.5, 0.6) is 5.75 Å². The summed E-state index contributed by atoms with van der Waals surface area (Å²) in [6.07, 6.45) is 2.17. The minimum atomic E-state index is -0.191. The molecule has 7 heteroatoms. The van der Waals surface area contributed by atoms with Crippen LogP contribution in [-0.4, -0.2) is 30.2 Å². The molecule has 1 saturated heterocycles. The fourth-order valence-corrected chi connectivity index (χ4v) is 4.83. The fourth-order valence-electron chi connectivity index (χ4n) is 3.02. The summed E-state index contributed by atoms with van der Waals surface area (Å²) in [5, 5.41) is 4.99. The molecule has 1 aromatic heterocycles. The van der Waals surface area contributed by atoms with Crippen LogP contribution in [0, 0.1) is 6.92 Å². The Bertz CT molecular complexity index is 966. The van der Waals surface area contributed by atoms with Gasteiger partial charge < -0.3 is 14.8 Å². The van der Waals surface area contributed by atoms with Crippen LogP contribution in [0.1, 0.15) is 28.9 Å². The average Bonchev–Trinajstić information content (AvgIpc) is 3.40. The van der Waals surface area contributed by atoms with Crippen molar-refractivity contribution in [2.24, 2.45) is 0 Å². The highest BCUT2D eigenvalue weighted by molar-refractivity contribution is 8.01. The van der Waals surface area contributed by atoms with Crippen LogP contribution in [0.3, 0.4) is 0 Å². The van der Waals surface area contributed by atoms with E-state index in [1.165, 1.54) is 0 Å². The molecule has 5 nitrogen and oxygen atoms in total. The molecule has 1 aliphatic heterocycles. The highest BCUT2D eigenvalue weighted by Gasteiger charge is 2.18. The number of nitrogens with one attached hydrogen (secondary N) is 1. The van der Waals surface area contributed by atoms with E-state index >= 15 is 0 Å². The molecule has 0 saturated carbocycles. The molecule has 4 rings (SSSR count). The predicted molar refractivity (Wildman–Crippen MR) is 116 cm³/mol. The predicted octanol–water partition coefficient (Wildman–Crippen LogP) is 5.41. The number of para-hydroxylation sites is 1. The lowest BCUT2D eigenvalue weighted by molar-refractivity contribution is 0.0673. The number of benzene rings is 2. The molecule has 1 N–H and O–H groups in total. The third kappa shape index (κ3) is 5.38. The van der Waals surface area contributed by atoms with Gasteiger partial charge in [-0.1, -0.05) is 23.9 Å². The Hall–Kier alpha value is -2.35. The Morgan fingerprint density at radius 3 is 2.83 bits per heavy atom. The first kappa shape index (κ1) is 19.9. The van der Waals surface area contributed by atoms with Gasteiger partial charge in [0.1, 0.15) is 12.4 Å². The molecule has 0 bridgehead atoms. The van der Waals surface area contributed by atoms with Crippen LogP contribution in [0.2, 0.25) is 0 Å². The van der Waals surface area contributed by atoms with E-state index in [1.807, 2.05) is 54.8 Å². The standard InChI is InChI=1S/C22H22N2O3S2/c1-15-14-28-22(23-15)29-18-10-8-16(9-11-18)24-21(25)19-6-2-3-7-20(19)27-13-17-5-4-12-26-17/h2-3,6-11,14,17H,4-5,12-13H2,1H3,(H,24,25). The van der Waals surface area contributed by atoms with Gasteiger partial charge in [-0.05, 0) is 56.2 Å². The highest BCUT2D eigenvalue weighted by Crippen LogP contribution is 2.31. The number of aromatic nitrogens is 1. The van der Waals surface area contributed by atoms with Gasteiger partial charge in [0.15, 0.2) is 4.34 Å². The Labute approximate surface area is 178 Å². The number of thiazole rings is 1. The monoisotopic (exact) mass is 426 g/mol. The number of ether oxygens (including phenoxy) is 2. The smallest absolute Gasteiger partial charge is 0.259 e. The summed E-state index contributed by atoms with van der Waals surface area (Å²) in [4.78, 5) is 18.3. The summed E-state index contributed by atoms with van der Waals surface area (Å²) in [5.74, 6) is 0.385. The van der Waals surface area contributed by atoms with Crippen molar-refractivity contribution in [2.75, 3.05) is 18.5 Å². The summed E-state index contributed by atoms with van der Waals surface area (Å²) in [5.41, 5.74) is 2.28. The van der Waals surface area contributed by atoms with E-state index in [0.29, 0.717) is 17.9 Å². The number of aryl methyl sites for hydroxylation is 1. The van der Waals surface area contributed by atoms with Gasteiger partial charge in [0.25, 0.3) is 5.91 Å². The zero-order valence-corrected chi connectivity index (χ0v) is 17.7. The van der Waals surface area contributed by atoms with E-state index in [-0.39, 0.29) is 12.0 Å². The number of nitrogens with zero attached hydrogens (tertiary/aromatic N) is 1. The number of carbonyl (C=O) groups excluding carboxylic acids is 1. The molecule has 1 amide bonds. The molecule has 0 spiro atoms. The Kier molecular flexibility index (Phi) is 6.49. The number of carbonyl (C=O) groups is 1. The van der Waals surface area contributed by atoms with Gasteiger partial charge in [-0.25, -0.2) is 4.98 Å². The molecular weight excluding hydrogens is 404 g/mol. The van der Waals surface area contributed by atoms with E-state index < -0.39 is 0 Å². The third-order valence-corrected chi connectivity index (χ3v) is 6.56. The maximum atomic E-state index is 12.8. The largest absolute Gasteiger partial charge is 0.490 e.